The maximum Gasteiger partial charge on any atom is 0.213 e. The summed E-state index contributed by atoms with van der Waals surface area (Å²) in [5, 5.41) is 6.86. The molecule has 2 heterocycles. The van der Waals surface area contributed by atoms with Crippen molar-refractivity contribution in [2.75, 3.05) is 46.5 Å². The zero-order valence-corrected chi connectivity index (χ0v) is 17.5. The van der Waals surface area contributed by atoms with Gasteiger partial charge in [-0.15, -0.1) is 0 Å². The molecule has 0 aromatic carbocycles. The summed E-state index contributed by atoms with van der Waals surface area (Å²) < 4.78 is 11.2. The predicted octanol–water partition coefficient (Wildman–Crippen LogP) is 1.89. The molecule has 0 radical (unpaired) electrons. The molecule has 1 atom stereocenters. The van der Waals surface area contributed by atoms with Crippen molar-refractivity contribution < 1.29 is 9.47 Å². The van der Waals surface area contributed by atoms with Crippen LogP contribution in [0.4, 0.5) is 0 Å². The molecule has 2 N–H and O–H groups in total. The van der Waals surface area contributed by atoms with Gasteiger partial charge in [0.2, 0.25) is 5.88 Å². The summed E-state index contributed by atoms with van der Waals surface area (Å²) in [5.41, 5.74) is 1.11. The molecule has 28 heavy (non-hydrogen) atoms. The van der Waals surface area contributed by atoms with E-state index in [0.29, 0.717) is 24.4 Å². The van der Waals surface area contributed by atoms with Crippen molar-refractivity contribution in [2.24, 2.45) is 16.8 Å². The average Bonchev–Trinajstić information content (AvgIpc) is 3.55. The highest BCUT2D eigenvalue weighted by molar-refractivity contribution is 5.79. The zero-order valence-electron chi connectivity index (χ0n) is 17.5. The molecule has 0 spiro atoms. The Morgan fingerprint density at radius 2 is 2.07 bits per heavy atom. The predicted molar refractivity (Wildman–Crippen MR) is 112 cm³/mol. The Labute approximate surface area is 168 Å². The molecule has 2 aliphatic rings. The fourth-order valence-corrected chi connectivity index (χ4v) is 3.39. The summed E-state index contributed by atoms with van der Waals surface area (Å²) in [6.07, 6.45) is 4.45. The van der Waals surface area contributed by atoms with E-state index in [0.717, 1.165) is 56.9 Å². The number of hydrogen-bond acceptors (Lipinski definition) is 5. The van der Waals surface area contributed by atoms with Gasteiger partial charge in [0, 0.05) is 51.5 Å². The maximum absolute atomic E-state index is 5.70. The van der Waals surface area contributed by atoms with Crippen LogP contribution in [-0.4, -0.2) is 68.4 Å². The summed E-state index contributed by atoms with van der Waals surface area (Å²) in [7, 11) is 1.81. The number of hydrogen-bond donors (Lipinski definition) is 2. The number of morpholine rings is 1. The fourth-order valence-electron chi connectivity index (χ4n) is 3.39. The molecule has 1 saturated carbocycles. The molecule has 0 amide bonds. The second kappa shape index (κ2) is 10.6. The van der Waals surface area contributed by atoms with Crippen molar-refractivity contribution >= 4 is 5.96 Å². The summed E-state index contributed by atoms with van der Waals surface area (Å²) in [5.74, 6) is 2.83. The van der Waals surface area contributed by atoms with Gasteiger partial charge in [-0.05, 0) is 30.2 Å². The van der Waals surface area contributed by atoms with Gasteiger partial charge in [-0.2, -0.15) is 0 Å². The SMILES string of the molecule is CN=C(NCc1ccc(OCC2CC2)nc1)NCC(C(C)C)N1CCOCC1. The smallest absolute Gasteiger partial charge is 0.213 e. The van der Waals surface area contributed by atoms with Crippen molar-refractivity contribution in [3.05, 3.63) is 23.9 Å². The van der Waals surface area contributed by atoms with Crippen LogP contribution in [0.2, 0.25) is 0 Å². The van der Waals surface area contributed by atoms with Gasteiger partial charge < -0.3 is 20.1 Å². The summed E-state index contributed by atoms with van der Waals surface area (Å²) in [6, 6.07) is 4.47. The van der Waals surface area contributed by atoms with Gasteiger partial charge in [0.1, 0.15) is 0 Å². The minimum absolute atomic E-state index is 0.465. The number of nitrogens with one attached hydrogen (secondary N) is 2. The summed E-state index contributed by atoms with van der Waals surface area (Å²) in [6.45, 7) is 10.5. The second-order valence-corrected chi connectivity index (χ2v) is 8.03. The standard InChI is InChI=1S/C21H35N5O2/c1-16(2)19(26-8-10-27-11-9-26)14-25-21(22-3)24-13-18-6-7-20(23-12-18)28-15-17-4-5-17/h6-7,12,16-17,19H,4-5,8-11,13-15H2,1-3H3,(H2,22,24,25). The van der Waals surface area contributed by atoms with Gasteiger partial charge >= 0.3 is 0 Å². The van der Waals surface area contributed by atoms with Crippen LogP contribution in [0.5, 0.6) is 5.88 Å². The molecule has 1 aliphatic carbocycles. The lowest BCUT2D eigenvalue weighted by molar-refractivity contribution is 0.00752. The highest BCUT2D eigenvalue weighted by atomic mass is 16.5. The number of aromatic nitrogens is 1. The maximum atomic E-state index is 5.70. The molecule has 7 heteroatoms. The Hall–Kier alpha value is -1.86. The molecule has 1 aromatic heterocycles. The molecule has 2 fully saturated rings. The Balaban J connectivity index is 1.42. The van der Waals surface area contributed by atoms with Gasteiger partial charge in [0.05, 0.1) is 19.8 Å². The van der Waals surface area contributed by atoms with E-state index in [-0.39, 0.29) is 0 Å². The highest BCUT2D eigenvalue weighted by Gasteiger charge is 2.24. The molecule has 1 saturated heterocycles. The van der Waals surface area contributed by atoms with Gasteiger partial charge in [-0.3, -0.25) is 9.89 Å². The number of guanidine groups is 1. The third-order valence-electron chi connectivity index (χ3n) is 5.41. The minimum atomic E-state index is 0.465. The number of rotatable bonds is 9. The fraction of sp³-hybridized carbons (Fsp3) is 0.714. The van der Waals surface area contributed by atoms with Crippen LogP contribution >= 0.6 is 0 Å². The van der Waals surface area contributed by atoms with E-state index in [2.05, 4.69) is 45.4 Å². The Bertz CT molecular complexity index is 610. The third kappa shape index (κ3) is 6.63. The number of pyridine rings is 1. The van der Waals surface area contributed by atoms with E-state index in [1.54, 1.807) is 0 Å². The summed E-state index contributed by atoms with van der Waals surface area (Å²) >= 11 is 0. The lowest BCUT2D eigenvalue weighted by Gasteiger charge is -2.37. The zero-order chi connectivity index (χ0) is 19.8. The van der Waals surface area contributed by atoms with Crippen LogP contribution in [0.3, 0.4) is 0 Å². The number of nitrogens with zero attached hydrogens (tertiary/aromatic N) is 3. The average molecular weight is 390 g/mol. The van der Waals surface area contributed by atoms with E-state index in [1.807, 2.05) is 19.3 Å². The first-order valence-corrected chi connectivity index (χ1v) is 10.5. The van der Waals surface area contributed by atoms with Crippen LogP contribution in [0.25, 0.3) is 0 Å². The Morgan fingerprint density at radius 3 is 2.68 bits per heavy atom. The molecule has 0 bridgehead atoms. The minimum Gasteiger partial charge on any atom is -0.477 e. The topological polar surface area (TPSA) is 71.0 Å². The normalized spacial score (nSPS) is 19.5. The molecule has 156 valence electrons. The van der Waals surface area contributed by atoms with Crippen LogP contribution in [0.15, 0.2) is 23.3 Å². The Kier molecular flexibility index (Phi) is 7.91. The quantitative estimate of drug-likeness (QED) is 0.496. The molecular weight excluding hydrogens is 354 g/mol. The van der Waals surface area contributed by atoms with Gasteiger partial charge in [-0.25, -0.2) is 4.98 Å². The van der Waals surface area contributed by atoms with Crippen LogP contribution in [-0.2, 0) is 11.3 Å². The van der Waals surface area contributed by atoms with E-state index in [9.17, 15) is 0 Å². The monoisotopic (exact) mass is 389 g/mol. The molecular formula is C21H35N5O2. The lowest BCUT2D eigenvalue weighted by atomic mass is 10.0. The highest BCUT2D eigenvalue weighted by Crippen LogP contribution is 2.29. The number of aliphatic imine (C=N–C) groups is 1. The van der Waals surface area contributed by atoms with Crippen LogP contribution < -0.4 is 15.4 Å². The van der Waals surface area contributed by atoms with Gasteiger partial charge in [-0.1, -0.05) is 19.9 Å². The van der Waals surface area contributed by atoms with Gasteiger partial charge in [0.15, 0.2) is 5.96 Å². The van der Waals surface area contributed by atoms with E-state index < -0.39 is 0 Å². The van der Waals surface area contributed by atoms with Crippen molar-refractivity contribution in [3.63, 3.8) is 0 Å². The van der Waals surface area contributed by atoms with Crippen molar-refractivity contribution in [2.45, 2.75) is 39.3 Å². The molecule has 1 aliphatic heterocycles. The molecule has 7 nitrogen and oxygen atoms in total. The first-order valence-electron chi connectivity index (χ1n) is 10.5. The second-order valence-electron chi connectivity index (χ2n) is 8.03. The van der Waals surface area contributed by atoms with E-state index >= 15 is 0 Å². The van der Waals surface area contributed by atoms with Crippen molar-refractivity contribution in [1.29, 1.82) is 0 Å². The van der Waals surface area contributed by atoms with Crippen molar-refractivity contribution in [3.8, 4) is 5.88 Å². The molecule has 3 rings (SSSR count). The van der Waals surface area contributed by atoms with Crippen LogP contribution in [0.1, 0.15) is 32.3 Å². The van der Waals surface area contributed by atoms with Crippen molar-refractivity contribution in [1.82, 2.24) is 20.5 Å². The number of ether oxygens (including phenoxy) is 2. The van der Waals surface area contributed by atoms with E-state index in [4.69, 9.17) is 9.47 Å². The first-order chi connectivity index (χ1) is 13.7. The Morgan fingerprint density at radius 1 is 1.29 bits per heavy atom. The van der Waals surface area contributed by atoms with Gasteiger partial charge in [0.25, 0.3) is 0 Å². The first kappa shape index (κ1) is 20.9. The third-order valence-corrected chi connectivity index (χ3v) is 5.41. The lowest BCUT2D eigenvalue weighted by Crippen LogP contribution is -2.52. The molecule has 1 unspecified atom stereocenters. The van der Waals surface area contributed by atoms with E-state index in [1.165, 1.54) is 12.8 Å². The van der Waals surface area contributed by atoms with Crippen LogP contribution in [0, 0.1) is 11.8 Å². The summed E-state index contributed by atoms with van der Waals surface area (Å²) in [4.78, 5) is 11.3. The largest absolute Gasteiger partial charge is 0.477 e. The molecule has 1 aromatic rings.